The number of rotatable bonds is 7. The topological polar surface area (TPSA) is 21.3 Å². The predicted molar refractivity (Wildman–Crippen MR) is 89.6 cm³/mol. The van der Waals surface area contributed by atoms with E-state index in [0.717, 1.165) is 23.2 Å². The second-order valence-electron chi connectivity index (χ2n) is 5.47. The van der Waals surface area contributed by atoms with Crippen molar-refractivity contribution < 1.29 is 4.74 Å². The molecule has 2 aromatic rings. The van der Waals surface area contributed by atoms with Gasteiger partial charge in [0, 0.05) is 24.6 Å². The number of halogens is 1. The number of hydrogen-bond acceptors (Lipinski definition) is 2. The molecule has 0 saturated heterocycles. The highest BCUT2D eigenvalue weighted by molar-refractivity contribution is 9.10. The lowest BCUT2D eigenvalue weighted by molar-refractivity contribution is 0.315. The third kappa shape index (κ3) is 4.32. The smallest absolute Gasteiger partial charge is 0.137 e. The number of ether oxygens (including phenoxy) is 1. The Morgan fingerprint density at radius 3 is 2.62 bits per heavy atom. The lowest BCUT2D eigenvalue weighted by Gasteiger charge is -2.14. The second kappa shape index (κ2) is 7.10. The van der Waals surface area contributed by atoms with Gasteiger partial charge in [-0.15, -0.1) is 0 Å². The van der Waals surface area contributed by atoms with Gasteiger partial charge in [0.05, 0.1) is 11.1 Å². The monoisotopic (exact) mass is 345 g/mol. The summed E-state index contributed by atoms with van der Waals surface area (Å²) < 4.78 is 7.07. The van der Waals surface area contributed by atoms with E-state index in [1.54, 1.807) is 0 Å². The molecule has 3 heteroatoms. The molecule has 0 unspecified atom stereocenters. The Kier molecular flexibility index (Phi) is 4.94. The highest BCUT2D eigenvalue weighted by Crippen LogP contribution is 2.30. The molecule has 110 valence electrons. The van der Waals surface area contributed by atoms with Gasteiger partial charge in [-0.05, 0) is 40.4 Å². The summed E-state index contributed by atoms with van der Waals surface area (Å²) in [6.45, 7) is 1.58. The van der Waals surface area contributed by atoms with Gasteiger partial charge >= 0.3 is 0 Å². The minimum atomic E-state index is 0.697. The fourth-order valence-electron chi connectivity index (χ4n) is 2.31. The van der Waals surface area contributed by atoms with Crippen molar-refractivity contribution in [3.05, 3.63) is 64.1 Å². The van der Waals surface area contributed by atoms with Gasteiger partial charge in [-0.25, -0.2) is 0 Å². The Hall–Kier alpha value is -1.32. The van der Waals surface area contributed by atoms with Crippen LogP contribution in [0.1, 0.15) is 24.0 Å². The normalized spacial score (nSPS) is 14.1. The molecule has 0 spiro atoms. The molecule has 1 fully saturated rings. The lowest BCUT2D eigenvalue weighted by atomic mass is 10.1. The number of nitrogens with one attached hydrogen (secondary N) is 1. The van der Waals surface area contributed by atoms with Gasteiger partial charge in [0.2, 0.25) is 0 Å². The molecule has 3 rings (SSSR count). The maximum atomic E-state index is 6.04. The summed E-state index contributed by atoms with van der Waals surface area (Å²) in [5, 5.41) is 3.55. The Bertz CT molecular complexity index is 581. The van der Waals surface area contributed by atoms with Crippen molar-refractivity contribution in [2.45, 2.75) is 31.8 Å². The average molecular weight is 346 g/mol. The third-order valence-corrected chi connectivity index (χ3v) is 4.31. The number of benzene rings is 2. The molecular formula is C18H20BrNO. The molecule has 1 saturated carbocycles. The van der Waals surface area contributed by atoms with Crippen molar-refractivity contribution >= 4 is 15.9 Å². The molecule has 0 heterocycles. The molecule has 0 aromatic heterocycles. The van der Waals surface area contributed by atoms with Crippen LogP contribution < -0.4 is 10.1 Å². The van der Waals surface area contributed by atoms with Crippen LogP contribution in [0.15, 0.2) is 53.0 Å². The van der Waals surface area contributed by atoms with Gasteiger partial charge in [0.15, 0.2) is 0 Å². The molecule has 21 heavy (non-hydrogen) atoms. The van der Waals surface area contributed by atoms with E-state index in [1.165, 1.54) is 24.0 Å². The fraction of sp³-hybridized carbons (Fsp3) is 0.333. The van der Waals surface area contributed by atoms with E-state index >= 15 is 0 Å². The van der Waals surface area contributed by atoms with E-state index in [0.29, 0.717) is 12.6 Å². The zero-order valence-corrected chi connectivity index (χ0v) is 13.6. The molecule has 2 nitrogen and oxygen atoms in total. The number of hydrogen-bond donors (Lipinski definition) is 1. The molecule has 0 atom stereocenters. The maximum Gasteiger partial charge on any atom is 0.137 e. The Morgan fingerprint density at radius 1 is 1.05 bits per heavy atom. The van der Waals surface area contributed by atoms with Gasteiger partial charge < -0.3 is 10.1 Å². The zero-order chi connectivity index (χ0) is 14.5. The van der Waals surface area contributed by atoms with Crippen molar-refractivity contribution in [3.63, 3.8) is 0 Å². The van der Waals surface area contributed by atoms with E-state index < -0.39 is 0 Å². The van der Waals surface area contributed by atoms with Gasteiger partial charge in [-0.3, -0.25) is 0 Å². The van der Waals surface area contributed by atoms with E-state index in [2.05, 4.69) is 57.6 Å². The fourth-order valence-corrected chi connectivity index (χ4v) is 2.83. The van der Waals surface area contributed by atoms with Crippen LogP contribution in [-0.2, 0) is 13.0 Å². The molecule has 0 aliphatic heterocycles. The van der Waals surface area contributed by atoms with E-state index in [4.69, 9.17) is 4.74 Å². The Labute approximate surface area is 134 Å². The molecule has 0 bridgehead atoms. The molecule has 2 aromatic carbocycles. The predicted octanol–water partition coefficient (Wildman–Crippen LogP) is 4.32. The summed E-state index contributed by atoms with van der Waals surface area (Å²) in [4.78, 5) is 0. The second-order valence-corrected chi connectivity index (χ2v) is 6.32. The van der Waals surface area contributed by atoms with Crippen molar-refractivity contribution in [1.82, 2.24) is 5.32 Å². The summed E-state index contributed by atoms with van der Waals surface area (Å²) in [6, 6.07) is 17.4. The van der Waals surface area contributed by atoms with Crippen molar-refractivity contribution in [3.8, 4) is 5.75 Å². The zero-order valence-electron chi connectivity index (χ0n) is 12.0. The maximum absolute atomic E-state index is 6.04. The van der Waals surface area contributed by atoms with E-state index in [1.807, 2.05) is 12.1 Å². The van der Waals surface area contributed by atoms with Crippen LogP contribution in [-0.4, -0.2) is 12.6 Å². The first-order valence-corrected chi connectivity index (χ1v) is 8.30. The van der Waals surface area contributed by atoms with Crippen LogP contribution in [0, 0.1) is 0 Å². The SMILES string of the molecule is Brc1cccc(CNC2CC2)c1OCCc1ccccc1. The first kappa shape index (κ1) is 14.6. The standard InChI is InChI=1S/C18H20BrNO/c19-17-8-4-7-15(13-20-16-9-10-16)18(17)21-12-11-14-5-2-1-3-6-14/h1-8,16,20H,9-13H2. The average Bonchev–Trinajstić information content (AvgIpc) is 3.33. The van der Waals surface area contributed by atoms with Crippen LogP contribution in [0.25, 0.3) is 0 Å². The van der Waals surface area contributed by atoms with Crippen LogP contribution in [0.3, 0.4) is 0 Å². The number of para-hydroxylation sites is 1. The Morgan fingerprint density at radius 2 is 1.86 bits per heavy atom. The lowest BCUT2D eigenvalue weighted by Crippen LogP contribution is -2.16. The summed E-state index contributed by atoms with van der Waals surface area (Å²) in [7, 11) is 0. The highest BCUT2D eigenvalue weighted by Gasteiger charge is 2.20. The molecule has 0 amide bonds. The van der Waals surface area contributed by atoms with Gasteiger partial charge in [0.25, 0.3) is 0 Å². The highest BCUT2D eigenvalue weighted by atomic mass is 79.9. The molecule has 0 radical (unpaired) electrons. The summed E-state index contributed by atoms with van der Waals surface area (Å²) in [5.41, 5.74) is 2.53. The first-order chi connectivity index (χ1) is 10.3. The third-order valence-electron chi connectivity index (χ3n) is 3.69. The first-order valence-electron chi connectivity index (χ1n) is 7.50. The summed E-state index contributed by atoms with van der Waals surface area (Å²) >= 11 is 3.60. The van der Waals surface area contributed by atoms with Crippen LogP contribution in [0.5, 0.6) is 5.75 Å². The van der Waals surface area contributed by atoms with Crippen LogP contribution >= 0.6 is 15.9 Å². The molecule has 1 N–H and O–H groups in total. The van der Waals surface area contributed by atoms with Crippen LogP contribution in [0.2, 0.25) is 0 Å². The van der Waals surface area contributed by atoms with Crippen molar-refractivity contribution in [1.29, 1.82) is 0 Å². The van der Waals surface area contributed by atoms with Gasteiger partial charge in [-0.2, -0.15) is 0 Å². The summed E-state index contributed by atoms with van der Waals surface area (Å²) in [5.74, 6) is 0.974. The van der Waals surface area contributed by atoms with E-state index in [-0.39, 0.29) is 0 Å². The van der Waals surface area contributed by atoms with Crippen LogP contribution in [0.4, 0.5) is 0 Å². The minimum Gasteiger partial charge on any atom is -0.492 e. The summed E-state index contributed by atoms with van der Waals surface area (Å²) in [6.07, 6.45) is 3.54. The molecule has 1 aliphatic carbocycles. The van der Waals surface area contributed by atoms with Crippen molar-refractivity contribution in [2.24, 2.45) is 0 Å². The molecular weight excluding hydrogens is 326 g/mol. The molecule has 1 aliphatic rings. The van der Waals surface area contributed by atoms with E-state index in [9.17, 15) is 0 Å². The van der Waals surface area contributed by atoms with Gasteiger partial charge in [-0.1, -0.05) is 42.5 Å². The van der Waals surface area contributed by atoms with Crippen molar-refractivity contribution in [2.75, 3.05) is 6.61 Å². The van der Waals surface area contributed by atoms with Gasteiger partial charge in [0.1, 0.15) is 5.75 Å². The quantitative estimate of drug-likeness (QED) is 0.806. The largest absolute Gasteiger partial charge is 0.492 e. The minimum absolute atomic E-state index is 0.697. The Balaban J connectivity index is 1.60.